The summed E-state index contributed by atoms with van der Waals surface area (Å²) in [5.41, 5.74) is 2.38. The Morgan fingerprint density at radius 2 is 1.71 bits per heavy atom. The van der Waals surface area contributed by atoms with Gasteiger partial charge in [0.1, 0.15) is 9.90 Å². The molecule has 0 saturated heterocycles. The van der Waals surface area contributed by atoms with E-state index in [2.05, 4.69) is 4.98 Å². The van der Waals surface area contributed by atoms with Gasteiger partial charge in [-0.2, -0.15) is 8.42 Å². The zero-order valence-corrected chi connectivity index (χ0v) is 14.3. The van der Waals surface area contributed by atoms with Gasteiger partial charge in [0.2, 0.25) is 0 Å². The number of thiazole rings is 1. The molecule has 2 aromatic rings. The van der Waals surface area contributed by atoms with Gasteiger partial charge in [0.05, 0.1) is 6.20 Å². The average Bonchev–Trinajstić information content (AvgIpc) is 2.74. The van der Waals surface area contributed by atoms with Crippen LogP contribution in [0, 0.1) is 20.8 Å². The SMILES string of the molecule is Cc1cc(C)c(S(=O)(=O)Oc2ncc(N(C)C)s2)c(C)c1. The predicted octanol–water partition coefficient (Wildman–Crippen LogP) is 2.90. The molecule has 0 saturated carbocycles. The molecule has 1 heterocycles. The van der Waals surface area contributed by atoms with E-state index in [9.17, 15) is 8.42 Å². The summed E-state index contributed by atoms with van der Waals surface area (Å²) in [6, 6.07) is 3.66. The van der Waals surface area contributed by atoms with Crippen molar-refractivity contribution in [3.63, 3.8) is 0 Å². The number of rotatable bonds is 4. The van der Waals surface area contributed by atoms with Gasteiger partial charge in [-0.1, -0.05) is 29.0 Å². The Balaban J connectivity index is 2.38. The van der Waals surface area contributed by atoms with Crippen LogP contribution in [0.3, 0.4) is 0 Å². The van der Waals surface area contributed by atoms with E-state index in [0.717, 1.165) is 10.6 Å². The summed E-state index contributed by atoms with van der Waals surface area (Å²) in [5.74, 6) is 0. The van der Waals surface area contributed by atoms with Crippen LogP contribution in [-0.2, 0) is 10.1 Å². The zero-order valence-electron chi connectivity index (χ0n) is 12.7. The summed E-state index contributed by atoms with van der Waals surface area (Å²) in [5, 5.41) is 0.954. The zero-order chi connectivity index (χ0) is 15.8. The second-order valence-electron chi connectivity index (χ2n) is 5.12. The summed E-state index contributed by atoms with van der Waals surface area (Å²) < 4.78 is 30.1. The van der Waals surface area contributed by atoms with Crippen molar-refractivity contribution in [2.24, 2.45) is 0 Å². The third-order valence-corrected chi connectivity index (χ3v) is 5.62. The first-order chi connectivity index (χ1) is 9.70. The van der Waals surface area contributed by atoms with Crippen molar-refractivity contribution in [2.75, 3.05) is 19.0 Å². The fourth-order valence-corrected chi connectivity index (χ4v) is 4.39. The number of aryl methyl sites for hydroxylation is 3. The monoisotopic (exact) mass is 326 g/mol. The topological polar surface area (TPSA) is 59.5 Å². The number of anilines is 1. The van der Waals surface area contributed by atoms with E-state index in [1.165, 1.54) is 11.3 Å². The standard InChI is InChI=1S/C14H18N2O3S2/c1-9-6-10(2)13(11(3)7-9)21(17,18)19-14-15-8-12(20-14)16(4)5/h6-8H,1-5H3. The number of hydrogen-bond donors (Lipinski definition) is 0. The molecule has 0 aliphatic carbocycles. The normalized spacial score (nSPS) is 11.5. The van der Waals surface area contributed by atoms with Crippen molar-refractivity contribution in [1.82, 2.24) is 4.98 Å². The molecule has 0 aliphatic rings. The van der Waals surface area contributed by atoms with Gasteiger partial charge in [-0.15, -0.1) is 0 Å². The molecule has 1 aromatic heterocycles. The first kappa shape index (κ1) is 15.8. The highest BCUT2D eigenvalue weighted by molar-refractivity contribution is 7.87. The van der Waals surface area contributed by atoms with Crippen LogP contribution in [0.4, 0.5) is 5.00 Å². The van der Waals surface area contributed by atoms with Crippen LogP contribution < -0.4 is 9.08 Å². The van der Waals surface area contributed by atoms with Gasteiger partial charge in [0.25, 0.3) is 5.19 Å². The lowest BCUT2D eigenvalue weighted by Crippen LogP contribution is -2.13. The molecule has 0 radical (unpaired) electrons. The minimum atomic E-state index is -3.87. The molecule has 0 bridgehead atoms. The molecular formula is C14H18N2O3S2. The molecule has 0 atom stereocenters. The maximum absolute atomic E-state index is 12.5. The third-order valence-electron chi connectivity index (χ3n) is 2.95. The second-order valence-corrected chi connectivity index (χ2v) is 7.58. The summed E-state index contributed by atoms with van der Waals surface area (Å²) in [6.45, 7) is 5.47. The number of hydrogen-bond acceptors (Lipinski definition) is 6. The maximum Gasteiger partial charge on any atom is 0.341 e. The van der Waals surface area contributed by atoms with E-state index in [0.29, 0.717) is 11.1 Å². The van der Waals surface area contributed by atoms with Gasteiger partial charge in [-0.25, -0.2) is 4.98 Å². The van der Waals surface area contributed by atoms with Gasteiger partial charge in [-0.05, 0) is 31.9 Å². The largest absolute Gasteiger partial charge is 0.368 e. The third kappa shape index (κ3) is 3.36. The molecule has 1 aromatic carbocycles. The first-order valence-corrected chi connectivity index (χ1v) is 8.58. The van der Waals surface area contributed by atoms with E-state index in [1.54, 1.807) is 20.0 Å². The van der Waals surface area contributed by atoms with Crippen molar-refractivity contribution < 1.29 is 12.6 Å². The van der Waals surface area contributed by atoms with Crippen molar-refractivity contribution >= 4 is 26.5 Å². The van der Waals surface area contributed by atoms with Gasteiger partial charge in [-0.3, -0.25) is 0 Å². The van der Waals surface area contributed by atoms with E-state index >= 15 is 0 Å². The second kappa shape index (κ2) is 5.65. The Labute approximate surface area is 129 Å². The van der Waals surface area contributed by atoms with Gasteiger partial charge < -0.3 is 9.08 Å². The Hall–Kier alpha value is -1.60. The van der Waals surface area contributed by atoms with E-state index in [-0.39, 0.29) is 10.1 Å². The fourth-order valence-electron chi connectivity index (χ4n) is 2.19. The van der Waals surface area contributed by atoms with Crippen molar-refractivity contribution in [3.05, 3.63) is 35.0 Å². The summed E-state index contributed by atoms with van der Waals surface area (Å²) in [6.07, 6.45) is 1.59. The molecule has 2 rings (SSSR count). The lowest BCUT2D eigenvalue weighted by molar-refractivity contribution is 0.483. The highest BCUT2D eigenvalue weighted by Gasteiger charge is 2.23. The number of aromatic nitrogens is 1. The van der Waals surface area contributed by atoms with Gasteiger partial charge in [0.15, 0.2) is 0 Å². The van der Waals surface area contributed by atoms with Crippen LogP contribution in [-0.4, -0.2) is 27.5 Å². The molecule has 0 fully saturated rings. The Morgan fingerprint density at radius 3 is 2.19 bits per heavy atom. The predicted molar refractivity (Wildman–Crippen MR) is 84.9 cm³/mol. The van der Waals surface area contributed by atoms with Crippen LogP contribution in [0.1, 0.15) is 16.7 Å². The highest BCUT2D eigenvalue weighted by atomic mass is 32.2. The summed E-state index contributed by atoms with van der Waals surface area (Å²) in [7, 11) is -0.152. The number of nitrogens with zero attached hydrogens (tertiary/aromatic N) is 2. The minimum Gasteiger partial charge on any atom is -0.368 e. The van der Waals surface area contributed by atoms with Crippen LogP contribution in [0.2, 0.25) is 0 Å². The van der Waals surface area contributed by atoms with Crippen molar-refractivity contribution in [3.8, 4) is 5.19 Å². The quantitative estimate of drug-likeness (QED) is 0.809. The van der Waals surface area contributed by atoms with Crippen molar-refractivity contribution in [1.29, 1.82) is 0 Å². The average molecular weight is 326 g/mol. The van der Waals surface area contributed by atoms with Crippen LogP contribution in [0.5, 0.6) is 5.19 Å². The minimum absolute atomic E-state index is 0.123. The van der Waals surface area contributed by atoms with Crippen molar-refractivity contribution in [2.45, 2.75) is 25.7 Å². The van der Waals surface area contributed by atoms with Crippen LogP contribution in [0.15, 0.2) is 23.2 Å². The first-order valence-electron chi connectivity index (χ1n) is 6.36. The molecule has 5 nitrogen and oxygen atoms in total. The molecular weight excluding hydrogens is 308 g/mol. The Bertz CT molecular complexity index is 741. The van der Waals surface area contributed by atoms with E-state index < -0.39 is 10.1 Å². The summed E-state index contributed by atoms with van der Waals surface area (Å²) in [4.78, 5) is 6.06. The summed E-state index contributed by atoms with van der Waals surface area (Å²) >= 11 is 1.19. The molecule has 7 heteroatoms. The number of benzene rings is 1. The molecule has 0 N–H and O–H groups in total. The Kier molecular flexibility index (Phi) is 4.25. The molecule has 0 unspecified atom stereocenters. The van der Waals surface area contributed by atoms with E-state index in [1.807, 2.05) is 38.1 Å². The Morgan fingerprint density at radius 1 is 1.14 bits per heavy atom. The van der Waals surface area contributed by atoms with Gasteiger partial charge in [0, 0.05) is 14.1 Å². The van der Waals surface area contributed by atoms with Crippen LogP contribution >= 0.6 is 11.3 Å². The fraction of sp³-hybridized carbons (Fsp3) is 0.357. The van der Waals surface area contributed by atoms with Crippen LogP contribution in [0.25, 0.3) is 0 Å². The smallest absolute Gasteiger partial charge is 0.341 e. The molecule has 0 spiro atoms. The van der Waals surface area contributed by atoms with Gasteiger partial charge >= 0.3 is 10.1 Å². The molecule has 114 valence electrons. The lowest BCUT2D eigenvalue weighted by atomic mass is 10.1. The molecule has 0 aliphatic heterocycles. The molecule has 21 heavy (non-hydrogen) atoms. The molecule has 0 amide bonds. The highest BCUT2D eigenvalue weighted by Crippen LogP contribution is 2.31. The van der Waals surface area contributed by atoms with E-state index in [4.69, 9.17) is 4.18 Å². The maximum atomic E-state index is 12.5. The lowest BCUT2D eigenvalue weighted by Gasteiger charge is -2.11.